The zero-order chi connectivity index (χ0) is 19.4. The van der Waals surface area contributed by atoms with Crippen molar-refractivity contribution in [2.45, 2.75) is 19.8 Å². The number of ether oxygens (including phenoxy) is 2. The molecule has 3 aromatic rings. The number of carbonyl (C=O) groups excluding carboxylic acids is 1. The Balaban J connectivity index is 1.75. The van der Waals surface area contributed by atoms with E-state index in [1.165, 1.54) is 6.08 Å². The second kappa shape index (κ2) is 7.95. The lowest BCUT2D eigenvalue weighted by atomic mass is 10.1. The van der Waals surface area contributed by atoms with Crippen molar-refractivity contribution < 1.29 is 18.7 Å². The maximum absolute atomic E-state index is 12.3. The number of fused-ring (bicyclic) bond motifs is 1. The molecule has 0 bridgehead atoms. The molecule has 0 saturated heterocycles. The third kappa shape index (κ3) is 4.28. The number of nitrogens with one attached hydrogen (secondary N) is 1. The summed E-state index contributed by atoms with van der Waals surface area (Å²) < 4.78 is 16.2. The largest absolute Gasteiger partial charge is 0.497 e. The molecule has 0 atom stereocenters. The van der Waals surface area contributed by atoms with Gasteiger partial charge in [0.1, 0.15) is 17.0 Å². The highest BCUT2D eigenvalue weighted by molar-refractivity contribution is 6.02. The van der Waals surface area contributed by atoms with Gasteiger partial charge in [-0.1, -0.05) is 13.8 Å². The van der Waals surface area contributed by atoms with E-state index in [4.69, 9.17) is 13.9 Å². The monoisotopic (exact) mass is 366 g/mol. The van der Waals surface area contributed by atoms with Gasteiger partial charge in [-0.2, -0.15) is 0 Å². The summed E-state index contributed by atoms with van der Waals surface area (Å²) in [7, 11) is 3.17. The van der Waals surface area contributed by atoms with Crippen LogP contribution in [0.4, 0.5) is 5.69 Å². The highest BCUT2D eigenvalue weighted by Gasteiger charge is 2.10. The Hall–Kier alpha value is -3.28. The molecule has 0 fully saturated rings. The van der Waals surface area contributed by atoms with Crippen LogP contribution in [0.5, 0.6) is 11.5 Å². The van der Waals surface area contributed by atoms with Gasteiger partial charge in [0, 0.05) is 29.3 Å². The average Bonchev–Trinajstić information content (AvgIpc) is 3.10. The molecule has 0 spiro atoms. The van der Waals surface area contributed by atoms with E-state index in [2.05, 4.69) is 10.3 Å². The van der Waals surface area contributed by atoms with E-state index in [0.29, 0.717) is 28.7 Å². The number of aromatic nitrogens is 1. The highest BCUT2D eigenvalue weighted by atomic mass is 16.5. The Bertz CT molecular complexity index is 989. The molecule has 27 heavy (non-hydrogen) atoms. The van der Waals surface area contributed by atoms with Crippen molar-refractivity contribution in [1.82, 2.24) is 4.98 Å². The van der Waals surface area contributed by atoms with Crippen LogP contribution in [-0.2, 0) is 4.79 Å². The van der Waals surface area contributed by atoms with Crippen molar-refractivity contribution in [2.75, 3.05) is 19.5 Å². The van der Waals surface area contributed by atoms with Crippen LogP contribution in [0, 0.1) is 0 Å². The first-order valence-electron chi connectivity index (χ1n) is 8.61. The summed E-state index contributed by atoms with van der Waals surface area (Å²) in [6.07, 6.45) is 3.13. The molecule has 0 unspecified atom stereocenters. The molecule has 0 aliphatic heterocycles. The number of methoxy groups -OCH3 is 2. The Morgan fingerprint density at radius 2 is 1.96 bits per heavy atom. The molecule has 0 aliphatic rings. The molecule has 1 amide bonds. The summed E-state index contributed by atoms with van der Waals surface area (Å²) in [5, 5.41) is 2.82. The quantitative estimate of drug-likeness (QED) is 0.644. The summed E-state index contributed by atoms with van der Waals surface area (Å²) >= 11 is 0. The first-order valence-corrected chi connectivity index (χ1v) is 8.61. The second-order valence-electron chi connectivity index (χ2n) is 6.32. The van der Waals surface area contributed by atoms with Crippen LogP contribution < -0.4 is 14.8 Å². The van der Waals surface area contributed by atoms with Crippen LogP contribution in [-0.4, -0.2) is 25.1 Å². The molecular weight excluding hydrogens is 344 g/mol. The number of amides is 1. The number of anilines is 1. The van der Waals surface area contributed by atoms with Gasteiger partial charge >= 0.3 is 0 Å². The van der Waals surface area contributed by atoms with Gasteiger partial charge in [-0.15, -0.1) is 0 Å². The lowest BCUT2D eigenvalue weighted by Gasteiger charge is -2.07. The van der Waals surface area contributed by atoms with E-state index >= 15 is 0 Å². The normalized spacial score (nSPS) is 11.3. The first kappa shape index (κ1) is 18.5. The molecule has 1 N–H and O–H groups in total. The Labute approximate surface area is 157 Å². The second-order valence-corrected chi connectivity index (χ2v) is 6.32. The van der Waals surface area contributed by atoms with Crippen LogP contribution in [0.25, 0.3) is 17.2 Å². The Morgan fingerprint density at radius 1 is 1.15 bits per heavy atom. The number of benzene rings is 2. The Morgan fingerprint density at radius 3 is 2.67 bits per heavy atom. The van der Waals surface area contributed by atoms with Gasteiger partial charge in [-0.25, -0.2) is 4.98 Å². The van der Waals surface area contributed by atoms with Crippen LogP contribution in [0.2, 0.25) is 0 Å². The maximum Gasteiger partial charge on any atom is 0.248 e. The van der Waals surface area contributed by atoms with Crippen molar-refractivity contribution in [3.05, 3.63) is 53.9 Å². The molecule has 6 nitrogen and oxygen atoms in total. The van der Waals surface area contributed by atoms with Crippen LogP contribution >= 0.6 is 0 Å². The fraction of sp³-hybridized carbons (Fsp3) is 0.238. The van der Waals surface area contributed by atoms with Crippen LogP contribution in [0.1, 0.15) is 31.2 Å². The number of hydrogen-bond acceptors (Lipinski definition) is 5. The van der Waals surface area contributed by atoms with Crippen LogP contribution in [0.15, 0.2) is 46.9 Å². The molecule has 0 aliphatic carbocycles. The fourth-order valence-electron chi connectivity index (χ4n) is 2.59. The van der Waals surface area contributed by atoms with Gasteiger partial charge < -0.3 is 19.2 Å². The first-order chi connectivity index (χ1) is 13.0. The van der Waals surface area contributed by atoms with E-state index in [1.54, 1.807) is 50.6 Å². The van der Waals surface area contributed by atoms with E-state index < -0.39 is 0 Å². The van der Waals surface area contributed by atoms with Gasteiger partial charge in [0.05, 0.1) is 14.2 Å². The smallest absolute Gasteiger partial charge is 0.248 e. The summed E-state index contributed by atoms with van der Waals surface area (Å²) in [5.74, 6) is 1.97. The van der Waals surface area contributed by atoms with Crippen molar-refractivity contribution in [1.29, 1.82) is 0 Å². The standard InChI is InChI=1S/C21H22N2O4/c1-13(2)21-23-17-8-6-15(12-19(17)27-21)22-20(24)10-5-14-11-16(25-3)7-9-18(14)26-4/h5-13H,1-4H3,(H,22,24)/b10-5+. The van der Waals surface area contributed by atoms with Crippen molar-refractivity contribution in [2.24, 2.45) is 0 Å². The van der Waals surface area contributed by atoms with Gasteiger partial charge in [-0.3, -0.25) is 4.79 Å². The van der Waals surface area contributed by atoms with E-state index in [0.717, 1.165) is 11.1 Å². The summed E-state index contributed by atoms with van der Waals surface area (Å²) in [5.41, 5.74) is 2.81. The lowest BCUT2D eigenvalue weighted by Crippen LogP contribution is -2.07. The molecule has 6 heteroatoms. The minimum atomic E-state index is -0.261. The van der Waals surface area contributed by atoms with Gasteiger partial charge in [0.2, 0.25) is 5.91 Å². The van der Waals surface area contributed by atoms with Crippen molar-refractivity contribution in [3.63, 3.8) is 0 Å². The predicted octanol–water partition coefficient (Wildman–Crippen LogP) is 4.62. The fourth-order valence-corrected chi connectivity index (χ4v) is 2.59. The molecule has 0 radical (unpaired) electrons. The minimum absolute atomic E-state index is 0.205. The minimum Gasteiger partial charge on any atom is -0.497 e. The molecule has 140 valence electrons. The zero-order valence-corrected chi connectivity index (χ0v) is 15.8. The third-order valence-corrected chi connectivity index (χ3v) is 4.02. The van der Waals surface area contributed by atoms with Crippen molar-refractivity contribution in [3.8, 4) is 11.5 Å². The summed E-state index contributed by atoms with van der Waals surface area (Å²) in [4.78, 5) is 16.7. The average molecular weight is 366 g/mol. The SMILES string of the molecule is COc1ccc(OC)c(/C=C/C(=O)Nc2ccc3nc(C(C)C)oc3c2)c1. The molecule has 1 heterocycles. The van der Waals surface area contributed by atoms with Crippen LogP contribution in [0.3, 0.4) is 0 Å². The summed E-state index contributed by atoms with van der Waals surface area (Å²) in [6.45, 7) is 4.04. The van der Waals surface area contributed by atoms with E-state index in [9.17, 15) is 4.79 Å². The molecule has 3 rings (SSSR count). The van der Waals surface area contributed by atoms with Gasteiger partial charge in [0.25, 0.3) is 0 Å². The molecule has 0 saturated carbocycles. The summed E-state index contributed by atoms with van der Waals surface area (Å²) in [6, 6.07) is 10.8. The topological polar surface area (TPSA) is 73.6 Å². The predicted molar refractivity (Wildman–Crippen MR) is 105 cm³/mol. The third-order valence-electron chi connectivity index (χ3n) is 4.02. The molecule has 2 aromatic carbocycles. The molecular formula is C21H22N2O4. The molecule has 1 aromatic heterocycles. The highest BCUT2D eigenvalue weighted by Crippen LogP contribution is 2.26. The number of hydrogen-bond donors (Lipinski definition) is 1. The number of oxazole rings is 1. The number of carbonyl (C=O) groups is 1. The number of nitrogens with zero attached hydrogens (tertiary/aromatic N) is 1. The van der Waals surface area contributed by atoms with E-state index in [1.807, 2.05) is 19.9 Å². The van der Waals surface area contributed by atoms with E-state index in [-0.39, 0.29) is 11.8 Å². The van der Waals surface area contributed by atoms with Gasteiger partial charge in [0.15, 0.2) is 11.5 Å². The van der Waals surface area contributed by atoms with Gasteiger partial charge in [-0.05, 0) is 36.4 Å². The zero-order valence-electron chi connectivity index (χ0n) is 15.8. The van der Waals surface area contributed by atoms with Crippen molar-refractivity contribution >= 4 is 28.8 Å². The Kier molecular flexibility index (Phi) is 5.45. The maximum atomic E-state index is 12.3. The number of rotatable bonds is 6. The lowest BCUT2D eigenvalue weighted by molar-refractivity contribution is -0.111.